The molecule has 1 heterocycles. The number of ketones is 1. The van der Waals surface area contributed by atoms with Crippen LogP contribution in [0, 0.1) is 27.7 Å². The first-order chi connectivity index (χ1) is 10.3. The van der Waals surface area contributed by atoms with Crippen molar-refractivity contribution in [3.63, 3.8) is 0 Å². The first-order valence-electron chi connectivity index (χ1n) is 7.18. The van der Waals surface area contributed by atoms with Crippen LogP contribution >= 0.6 is 0 Å². The smallest absolute Gasteiger partial charge is 0.342 e. The fourth-order valence-electron chi connectivity index (χ4n) is 2.32. The van der Waals surface area contributed by atoms with Crippen molar-refractivity contribution in [2.45, 2.75) is 40.7 Å². The van der Waals surface area contributed by atoms with Crippen LogP contribution in [0.25, 0.3) is 0 Å². The predicted octanol–water partition coefficient (Wildman–Crippen LogP) is 3.94. The third kappa shape index (κ3) is 3.11. The number of Topliss-reactive ketones (excluding diaryl/α,β-unsaturated/α-hetero) is 1. The van der Waals surface area contributed by atoms with E-state index in [1.165, 1.54) is 12.3 Å². The second-order valence-corrected chi connectivity index (χ2v) is 5.55. The van der Waals surface area contributed by atoms with Crippen molar-refractivity contribution in [3.8, 4) is 0 Å². The third-order valence-electron chi connectivity index (χ3n) is 3.84. The number of hydrogen-bond donors (Lipinski definition) is 0. The Kier molecular flexibility index (Phi) is 4.50. The Bertz CT molecular complexity index is 725. The Morgan fingerprint density at radius 1 is 1.00 bits per heavy atom. The summed E-state index contributed by atoms with van der Waals surface area (Å²) in [5, 5.41) is 0. The van der Waals surface area contributed by atoms with Crippen LogP contribution in [-0.4, -0.2) is 17.9 Å². The standard InChI is InChI=1S/C18H20O4/c1-10-8-12(3)16(9-11(10)2)17(19)14(5)22-18(20)15-6-7-21-13(15)4/h6-9,14H,1-5H3/t14-/m0/s1. The van der Waals surface area contributed by atoms with Crippen LogP contribution < -0.4 is 0 Å². The van der Waals surface area contributed by atoms with Crippen LogP contribution in [0.5, 0.6) is 0 Å². The summed E-state index contributed by atoms with van der Waals surface area (Å²) in [5.41, 5.74) is 3.99. The lowest BCUT2D eigenvalue weighted by atomic mass is 9.96. The topological polar surface area (TPSA) is 56.5 Å². The summed E-state index contributed by atoms with van der Waals surface area (Å²) in [7, 11) is 0. The highest BCUT2D eigenvalue weighted by Crippen LogP contribution is 2.19. The van der Waals surface area contributed by atoms with E-state index in [4.69, 9.17) is 9.15 Å². The molecule has 2 rings (SSSR count). The van der Waals surface area contributed by atoms with E-state index in [2.05, 4.69) is 0 Å². The fraction of sp³-hybridized carbons (Fsp3) is 0.333. The van der Waals surface area contributed by atoms with Gasteiger partial charge in [0.25, 0.3) is 0 Å². The number of benzene rings is 1. The molecule has 0 N–H and O–H groups in total. The number of aryl methyl sites for hydroxylation is 4. The van der Waals surface area contributed by atoms with Crippen LogP contribution in [0.2, 0.25) is 0 Å². The lowest BCUT2D eigenvalue weighted by Gasteiger charge is -2.15. The van der Waals surface area contributed by atoms with E-state index in [1.807, 2.05) is 32.9 Å². The molecule has 4 heteroatoms. The maximum atomic E-state index is 12.5. The van der Waals surface area contributed by atoms with Crippen molar-refractivity contribution in [2.75, 3.05) is 0 Å². The average Bonchev–Trinajstić information content (AvgIpc) is 2.88. The summed E-state index contributed by atoms with van der Waals surface area (Å²) < 4.78 is 10.3. The van der Waals surface area contributed by atoms with Crippen LogP contribution in [-0.2, 0) is 4.74 Å². The molecule has 1 aromatic heterocycles. The zero-order valence-corrected chi connectivity index (χ0v) is 13.5. The largest absolute Gasteiger partial charge is 0.469 e. The molecule has 1 atom stereocenters. The summed E-state index contributed by atoms with van der Waals surface area (Å²) in [6.45, 7) is 9.11. The van der Waals surface area contributed by atoms with Crippen LogP contribution in [0.3, 0.4) is 0 Å². The average molecular weight is 300 g/mol. The second-order valence-electron chi connectivity index (χ2n) is 5.55. The van der Waals surface area contributed by atoms with E-state index >= 15 is 0 Å². The molecule has 0 aliphatic heterocycles. The fourth-order valence-corrected chi connectivity index (χ4v) is 2.32. The highest BCUT2D eigenvalue weighted by molar-refractivity contribution is 6.02. The number of furan rings is 1. The normalized spacial score (nSPS) is 12.0. The molecule has 4 nitrogen and oxygen atoms in total. The molecule has 0 bridgehead atoms. The Morgan fingerprint density at radius 2 is 1.64 bits per heavy atom. The van der Waals surface area contributed by atoms with Crippen molar-refractivity contribution in [1.29, 1.82) is 0 Å². The molecule has 0 aliphatic carbocycles. The molecular weight excluding hydrogens is 280 g/mol. The Labute approximate surface area is 130 Å². The summed E-state index contributed by atoms with van der Waals surface area (Å²) in [5.74, 6) is -0.268. The van der Waals surface area contributed by atoms with Gasteiger partial charge in [-0.3, -0.25) is 4.79 Å². The summed E-state index contributed by atoms with van der Waals surface area (Å²) >= 11 is 0. The van der Waals surface area contributed by atoms with E-state index < -0.39 is 12.1 Å². The third-order valence-corrected chi connectivity index (χ3v) is 3.84. The lowest BCUT2D eigenvalue weighted by molar-refractivity contribution is 0.0317. The number of carbonyl (C=O) groups is 2. The number of ether oxygens (including phenoxy) is 1. The maximum Gasteiger partial charge on any atom is 0.342 e. The van der Waals surface area contributed by atoms with Crippen molar-refractivity contribution in [1.82, 2.24) is 0 Å². The monoisotopic (exact) mass is 300 g/mol. The van der Waals surface area contributed by atoms with Gasteiger partial charge in [0.15, 0.2) is 6.10 Å². The number of carbonyl (C=O) groups excluding carboxylic acids is 2. The molecule has 0 radical (unpaired) electrons. The highest BCUT2D eigenvalue weighted by atomic mass is 16.5. The Hall–Kier alpha value is -2.36. The molecule has 1 aromatic carbocycles. The van der Waals surface area contributed by atoms with E-state index in [0.717, 1.165) is 16.7 Å². The zero-order chi connectivity index (χ0) is 16.4. The van der Waals surface area contributed by atoms with Gasteiger partial charge in [-0.05, 0) is 63.4 Å². The van der Waals surface area contributed by atoms with Gasteiger partial charge in [0.2, 0.25) is 5.78 Å². The predicted molar refractivity (Wildman–Crippen MR) is 83.3 cm³/mol. The SMILES string of the molecule is Cc1cc(C)c(C(=O)[C@H](C)OC(=O)c2ccoc2C)cc1C. The van der Waals surface area contributed by atoms with E-state index in [1.54, 1.807) is 13.8 Å². The number of hydrogen-bond acceptors (Lipinski definition) is 4. The molecule has 0 spiro atoms. The van der Waals surface area contributed by atoms with Crippen molar-refractivity contribution < 1.29 is 18.7 Å². The van der Waals surface area contributed by atoms with Crippen LogP contribution in [0.1, 0.15) is 50.1 Å². The summed E-state index contributed by atoms with van der Waals surface area (Å²) in [6.07, 6.45) is 0.578. The van der Waals surface area contributed by atoms with Gasteiger partial charge in [-0.1, -0.05) is 6.07 Å². The number of esters is 1. The Morgan fingerprint density at radius 3 is 2.23 bits per heavy atom. The maximum absolute atomic E-state index is 12.5. The van der Waals surface area contributed by atoms with E-state index in [0.29, 0.717) is 16.9 Å². The Balaban J connectivity index is 2.18. The van der Waals surface area contributed by atoms with Crippen molar-refractivity contribution >= 4 is 11.8 Å². The first kappa shape index (κ1) is 16.0. The van der Waals surface area contributed by atoms with Crippen LogP contribution in [0.4, 0.5) is 0 Å². The van der Waals surface area contributed by atoms with Crippen LogP contribution in [0.15, 0.2) is 28.9 Å². The van der Waals surface area contributed by atoms with Crippen molar-refractivity contribution in [2.24, 2.45) is 0 Å². The highest BCUT2D eigenvalue weighted by Gasteiger charge is 2.23. The van der Waals surface area contributed by atoms with Gasteiger partial charge in [0, 0.05) is 5.56 Å². The zero-order valence-electron chi connectivity index (χ0n) is 13.5. The van der Waals surface area contributed by atoms with Gasteiger partial charge in [-0.2, -0.15) is 0 Å². The minimum Gasteiger partial charge on any atom is -0.469 e. The van der Waals surface area contributed by atoms with Gasteiger partial charge in [-0.25, -0.2) is 4.79 Å². The molecule has 0 saturated carbocycles. The van der Waals surface area contributed by atoms with Gasteiger partial charge < -0.3 is 9.15 Å². The molecule has 0 fully saturated rings. The molecule has 0 amide bonds. The number of rotatable bonds is 4. The minimum absolute atomic E-state index is 0.199. The summed E-state index contributed by atoms with van der Waals surface area (Å²) in [4.78, 5) is 24.6. The molecule has 116 valence electrons. The lowest BCUT2D eigenvalue weighted by Crippen LogP contribution is -2.25. The molecule has 0 unspecified atom stereocenters. The molecule has 0 aliphatic rings. The molecule has 22 heavy (non-hydrogen) atoms. The van der Waals surface area contributed by atoms with Crippen molar-refractivity contribution in [3.05, 3.63) is 58.0 Å². The van der Waals surface area contributed by atoms with E-state index in [9.17, 15) is 9.59 Å². The molecular formula is C18H20O4. The van der Waals surface area contributed by atoms with E-state index in [-0.39, 0.29) is 5.78 Å². The van der Waals surface area contributed by atoms with Gasteiger partial charge in [-0.15, -0.1) is 0 Å². The minimum atomic E-state index is -0.845. The van der Waals surface area contributed by atoms with Gasteiger partial charge in [0.1, 0.15) is 11.3 Å². The van der Waals surface area contributed by atoms with Gasteiger partial charge in [0.05, 0.1) is 6.26 Å². The second kappa shape index (κ2) is 6.18. The van der Waals surface area contributed by atoms with Gasteiger partial charge >= 0.3 is 5.97 Å². The summed E-state index contributed by atoms with van der Waals surface area (Å²) in [6, 6.07) is 5.36. The molecule has 0 saturated heterocycles. The quantitative estimate of drug-likeness (QED) is 0.634. The first-order valence-corrected chi connectivity index (χ1v) is 7.18. The molecule has 2 aromatic rings.